The molecule has 1 aliphatic carbocycles. The Bertz CT molecular complexity index is 179. The zero-order valence-corrected chi connectivity index (χ0v) is 10.8. The minimum absolute atomic E-state index is 0.335. The van der Waals surface area contributed by atoms with E-state index in [0.29, 0.717) is 17.6 Å². The minimum atomic E-state index is 0.335. The Kier molecular flexibility index (Phi) is 5.07. The fourth-order valence-corrected chi connectivity index (χ4v) is 2.28. The summed E-state index contributed by atoms with van der Waals surface area (Å²) in [6.45, 7) is 7.90. The molecule has 1 saturated carbocycles. The van der Waals surface area contributed by atoms with Crippen LogP contribution in [0.1, 0.15) is 52.9 Å². The molecule has 0 saturated heterocycles. The first-order valence-corrected chi connectivity index (χ1v) is 6.30. The Hall–Kier alpha value is -0.0800. The Morgan fingerprint density at radius 3 is 2.73 bits per heavy atom. The van der Waals surface area contributed by atoms with Gasteiger partial charge in [-0.05, 0) is 38.0 Å². The van der Waals surface area contributed by atoms with E-state index >= 15 is 0 Å². The highest BCUT2D eigenvalue weighted by Gasteiger charge is 2.24. The molecule has 0 amide bonds. The second-order valence-electron chi connectivity index (χ2n) is 5.75. The molecule has 0 radical (unpaired) electrons. The smallest absolute Gasteiger partial charge is 0.0667 e. The van der Waals surface area contributed by atoms with Crippen LogP contribution < -0.4 is 5.32 Å². The molecule has 1 aliphatic rings. The van der Waals surface area contributed by atoms with E-state index in [9.17, 15) is 0 Å². The molecular formula is C13H27NO. The molecule has 2 nitrogen and oxygen atoms in total. The Morgan fingerprint density at radius 1 is 1.33 bits per heavy atom. The lowest BCUT2D eigenvalue weighted by Crippen LogP contribution is -2.35. The van der Waals surface area contributed by atoms with E-state index in [1.807, 2.05) is 0 Å². The van der Waals surface area contributed by atoms with Gasteiger partial charge in [-0.1, -0.05) is 20.3 Å². The van der Waals surface area contributed by atoms with E-state index < -0.39 is 0 Å². The molecule has 2 heteroatoms. The minimum Gasteiger partial charge on any atom is -0.380 e. The highest BCUT2D eigenvalue weighted by Crippen LogP contribution is 2.33. The Morgan fingerprint density at radius 2 is 2.07 bits per heavy atom. The van der Waals surface area contributed by atoms with Crippen LogP contribution in [0.3, 0.4) is 0 Å². The average molecular weight is 213 g/mol. The maximum atomic E-state index is 5.25. The van der Waals surface area contributed by atoms with Crippen molar-refractivity contribution in [2.75, 3.05) is 13.7 Å². The molecule has 0 spiro atoms. The summed E-state index contributed by atoms with van der Waals surface area (Å²) in [5, 5.41) is 3.63. The predicted octanol–water partition coefficient (Wildman–Crippen LogP) is 2.97. The number of nitrogens with one attached hydrogen (secondary N) is 1. The molecule has 0 aliphatic heterocycles. The third-order valence-electron chi connectivity index (χ3n) is 3.67. The average Bonchev–Trinajstić information content (AvgIpc) is 2.36. The number of rotatable bonds is 4. The molecule has 15 heavy (non-hydrogen) atoms. The zero-order chi connectivity index (χ0) is 11.3. The van der Waals surface area contributed by atoms with Gasteiger partial charge in [0.15, 0.2) is 0 Å². The fraction of sp³-hybridized carbons (Fsp3) is 1.00. The molecule has 1 N–H and O–H groups in total. The van der Waals surface area contributed by atoms with E-state index in [1.54, 1.807) is 7.11 Å². The van der Waals surface area contributed by atoms with E-state index in [2.05, 4.69) is 26.1 Å². The number of ether oxygens (including phenoxy) is 1. The third-order valence-corrected chi connectivity index (χ3v) is 3.67. The van der Waals surface area contributed by atoms with Gasteiger partial charge in [0.1, 0.15) is 0 Å². The summed E-state index contributed by atoms with van der Waals surface area (Å²) in [6, 6.07) is 0.712. The van der Waals surface area contributed by atoms with E-state index in [-0.39, 0.29) is 0 Å². The van der Waals surface area contributed by atoms with Crippen molar-refractivity contribution >= 4 is 0 Å². The van der Waals surface area contributed by atoms with Gasteiger partial charge in [0.2, 0.25) is 0 Å². The molecule has 2 unspecified atom stereocenters. The van der Waals surface area contributed by atoms with E-state index in [0.717, 1.165) is 6.54 Å². The zero-order valence-electron chi connectivity index (χ0n) is 10.8. The van der Waals surface area contributed by atoms with Crippen molar-refractivity contribution in [1.82, 2.24) is 5.32 Å². The third kappa shape index (κ3) is 4.98. The molecule has 0 aromatic rings. The predicted molar refractivity (Wildman–Crippen MR) is 65.1 cm³/mol. The summed E-state index contributed by atoms with van der Waals surface area (Å²) in [5.74, 6) is 0. The van der Waals surface area contributed by atoms with Crippen molar-refractivity contribution in [3.8, 4) is 0 Å². The molecule has 1 fully saturated rings. The van der Waals surface area contributed by atoms with Gasteiger partial charge < -0.3 is 10.1 Å². The van der Waals surface area contributed by atoms with E-state index in [1.165, 1.54) is 32.1 Å². The van der Waals surface area contributed by atoms with Crippen LogP contribution in [-0.4, -0.2) is 25.8 Å². The van der Waals surface area contributed by atoms with Gasteiger partial charge in [-0.25, -0.2) is 0 Å². The topological polar surface area (TPSA) is 21.3 Å². The maximum Gasteiger partial charge on any atom is 0.0667 e. The number of hydrogen-bond acceptors (Lipinski definition) is 2. The standard InChI is InChI=1S/C13H27NO/c1-11(15-4)10-14-12-6-5-8-13(2,3)9-7-12/h11-12,14H,5-10H2,1-4H3. The van der Waals surface area contributed by atoms with E-state index in [4.69, 9.17) is 4.74 Å². The molecule has 90 valence electrons. The maximum absolute atomic E-state index is 5.25. The molecule has 0 heterocycles. The SMILES string of the molecule is COC(C)CNC1CCCC(C)(C)CC1. The Balaban J connectivity index is 2.26. The van der Waals surface area contributed by atoms with Crippen LogP contribution in [0.4, 0.5) is 0 Å². The molecule has 0 bridgehead atoms. The molecule has 2 atom stereocenters. The first-order valence-electron chi connectivity index (χ1n) is 6.30. The largest absolute Gasteiger partial charge is 0.380 e. The summed E-state index contributed by atoms with van der Waals surface area (Å²) < 4.78 is 5.25. The highest BCUT2D eigenvalue weighted by molar-refractivity contribution is 4.79. The highest BCUT2D eigenvalue weighted by atomic mass is 16.5. The second kappa shape index (κ2) is 5.86. The van der Waals surface area contributed by atoms with Gasteiger partial charge in [0.25, 0.3) is 0 Å². The van der Waals surface area contributed by atoms with Gasteiger partial charge in [0.05, 0.1) is 6.10 Å². The fourth-order valence-electron chi connectivity index (χ4n) is 2.28. The van der Waals surface area contributed by atoms with Gasteiger partial charge in [-0.3, -0.25) is 0 Å². The summed E-state index contributed by atoms with van der Waals surface area (Å²) in [4.78, 5) is 0. The molecule has 0 aromatic carbocycles. The first-order chi connectivity index (χ1) is 7.03. The molecular weight excluding hydrogens is 186 g/mol. The summed E-state index contributed by atoms with van der Waals surface area (Å²) >= 11 is 0. The van der Waals surface area contributed by atoms with Crippen molar-refractivity contribution in [3.05, 3.63) is 0 Å². The van der Waals surface area contributed by atoms with Gasteiger partial charge in [-0.2, -0.15) is 0 Å². The molecule has 1 rings (SSSR count). The lowest BCUT2D eigenvalue weighted by Gasteiger charge is -2.22. The lowest BCUT2D eigenvalue weighted by molar-refractivity contribution is 0.113. The summed E-state index contributed by atoms with van der Waals surface area (Å²) in [7, 11) is 1.78. The van der Waals surface area contributed by atoms with Crippen LogP contribution in [0, 0.1) is 5.41 Å². The van der Waals surface area contributed by atoms with Crippen LogP contribution in [0.5, 0.6) is 0 Å². The monoisotopic (exact) mass is 213 g/mol. The van der Waals surface area contributed by atoms with Crippen LogP contribution in [0.2, 0.25) is 0 Å². The Labute approximate surface area is 94.8 Å². The van der Waals surface area contributed by atoms with Crippen molar-refractivity contribution in [1.29, 1.82) is 0 Å². The van der Waals surface area contributed by atoms with Crippen molar-refractivity contribution in [3.63, 3.8) is 0 Å². The van der Waals surface area contributed by atoms with Crippen LogP contribution in [-0.2, 0) is 4.74 Å². The summed E-state index contributed by atoms with van der Waals surface area (Å²) in [6.07, 6.45) is 7.09. The van der Waals surface area contributed by atoms with Gasteiger partial charge in [0, 0.05) is 19.7 Å². The lowest BCUT2D eigenvalue weighted by atomic mass is 9.85. The van der Waals surface area contributed by atoms with Gasteiger partial charge >= 0.3 is 0 Å². The van der Waals surface area contributed by atoms with Crippen molar-refractivity contribution in [2.45, 2.75) is 65.0 Å². The number of methoxy groups -OCH3 is 1. The van der Waals surface area contributed by atoms with Crippen molar-refractivity contribution < 1.29 is 4.74 Å². The second-order valence-corrected chi connectivity index (χ2v) is 5.75. The van der Waals surface area contributed by atoms with Crippen molar-refractivity contribution in [2.24, 2.45) is 5.41 Å². The quantitative estimate of drug-likeness (QED) is 0.725. The normalized spacial score (nSPS) is 28.4. The van der Waals surface area contributed by atoms with Crippen LogP contribution in [0.15, 0.2) is 0 Å². The van der Waals surface area contributed by atoms with Crippen LogP contribution >= 0.6 is 0 Å². The van der Waals surface area contributed by atoms with Crippen LogP contribution in [0.25, 0.3) is 0 Å². The first kappa shape index (κ1) is 13.0. The number of hydrogen-bond donors (Lipinski definition) is 1. The van der Waals surface area contributed by atoms with Gasteiger partial charge in [-0.15, -0.1) is 0 Å². The summed E-state index contributed by atoms with van der Waals surface area (Å²) in [5.41, 5.74) is 0.559. The molecule has 0 aromatic heterocycles.